The third-order valence-corrected chi connectivity index (χ3v) is 5.40. The van der Waals surface area contributed by atoms with Gasteiger partial charge in [0.25, 0.3) is 0 Å². The summed E-state index contributed by atoms with van der Waals surface area (Å²) in [5.41, 5.74) is 2.02. The molecule has 0 aromatic carbocycles. The zero-order valence-corrected chi connectivity index (χ0v) is 11.4. The van der Waals surface area contributed by atoms with E-state index in [9.17, 15) is 0 Å². The number of pyridine rings is 1. The van der Waals surface area contributed by atoms with Crippen molar-refractivity contribution in [2.75, 3.05) is 6.26 Å². The number of hydrogen-bond donors (Lipinski definition) is 1. The van der Waals surface area contributed by atoms with E-state index in [1.807, 2.05) is 30.1 Å². The van der Waals surface area contributed by atoms with Crippen molar-refractivity contribution in [3.63, 3.8) is 0 Å². The molecule has 1 fully saturated rings. The van der Waals surface area contributed by atoms with E-state index >= 15 is 0 Å². The van der Waals surface area contributed by atoms with Crippen LogP contribution in [0.25, 0.3) is 11.2 Å². The number of nitrogens with zero attached hydrogens (tertiary/aromatic N) is 2. The largest absolute Gasteiger partial charge is 0.329 e. The summed E-state index contributed by atoms with van der Waals surface area (Å²) in [6.45, 7) is 0.976. The van der Waals surface area contributed by atoms with Crippen LogP contribution in [0.5, 0.6) is 0 Å². The van der Waals surface area contributed by atoms with Gasteiger partial charge >= 0.3 is 0 Å². The first-order valence-corrected chi connectivity index (χ1v) is 7.46. The summed E-state index contributed by atoms with van der Waals surface area (Å²) in [6.07, 6.45) is 7.94. The van der Waals surface area contributed by atoms with Crippen molar-refractivity contribution < 1.29 is 0 Å². The average Bonchev–Trinajstić information content (AvgIpc) is 2.60. The molecule has 2 aromatic rings. The molecule has 1 aliphatic rings. The van der Waals surface area contributed by atoms with E-state index in [4.69, 9.17) is 12.2 Å². The van der Waals surface area contributed by atoms with Crippen molar-refractivity contribution >= 4 is 35.1 Å². The van der Waals surface area contributed by atoms with Gasteiger partial charge in [0.05, 0.1) is 5.52 Å². The van der Waals surface area contributed by atoms with Gasteiger partial charge in [-0.1, -0.05) is 6.42 Å². The lowest BCUT2D eigenvalue weighted by Gasteiger charge is -2.40. The lowest BCUT2D eigenvalue weighted by atomic mass is 9.84. The minimum atomic E-state index is 0.380. The minimum absolute atomic E-state index is 0.380. The number of H-pyrrole nitrogens is 1. The summed E-state index contributed by atoms with van der Waals surface area (Å²) in [6, 6.07) is 3.97. The van der Waals surface area contributed by atoms with Crippen LogP contribution >= 0.6 is 24.0 Å². The van der Waals surface area contributed by atoms with Crippen LogP contribution in [-0.4, -0.2) is 25.5 Å². The van der Waals surface area contributed by atoms with Crippen LogP contribution in [0.15, 0.2) is 18.3 Å². The Hall–Kier alpha value is -0.810. The number of rotatable bonds is 3. The van der Waals surface area contributed by atoms with E-state index in [2.05, 4.69) is 20.8 Å². The maximum atomic E-state index is 5.40. The second kappa shape index (κ2) is 4.14. The summed E-state index contributed by atoms with van der Waals surface area (Å²) >= 11 is 7.36. The molecule has 1 aliphatic carbocycles. The smallest absolute Gasteiger partial charge is 0.179 e. The summed E-state index contributed by atoms with van der Waals surface area (Å²) in [5.74, 6) is 0. The molecular weight excluding hydrogens is 250 g/mol. The number of fused-ring (bicyclic) bond motifs is 1. The Morgan fingerprint density at radius 3 is 3.06 bits per heavy atom. The topological polar surface area (TPSA) is 33.6 Å². The highest BCUT2D eigenvalue weighted by Gasteiger charge is 2.37. The molecule has 2 heterocycles. The molecule has 0 unspecified atom stereocenters. The predicted octanol–water partition coefficient (Wildman–Crippen LogP) is 3.38. The van der Waals surface area contributed by atoms with Gasteiger partial charge in [0, 0.05) is 17.5 Å². The number of aromatic nitrogens is 3. The molecule has 1 N–H and O–H groups in total. The van der Waals surface area contributed by atoms with Gasteiger partial charge in [0.15, 0.2) is 10.4 Å². The Morgan fingerprint density at radius 2 is 2.41 bits per heavy atom. The molecule has 0 aliphatic heterocycles. The van der Waals surface area contributed by atoms with Gasteiger partial charge in [-0.25, -0.2) is 4.98 Å². The van der Waals surface area contributed by atoms with Crippen molar-refractivity contribution in [2.45, 2.75) is 30.6 Å². The molecule has 0 spiro atoms. The molecule has 17 heavy (non-hydrogen) atoms. The van der Waals surface area contributed by atoms with Gasteiger partial charge in [-0.2, -0.15) is 11.8 Å². The number of aromatic amines is 1. The quantitative estimate of drug-likeness (QED) is 0.864. The minimum Gasteiger partial charge on any atom is -0.329 e. The van der Waals surface area contributed by atoms with Gasteiger partial charge in [-0.05, 0) is 43.4 Å². The first-order valence-electron chi connectivity index (χ1n) is 5.83. The van der Waals surface area contributed by atoms with E-state index in [1.54, 1.807) is 0 Å². The van der Waals surface area contributed by atoms with Crippen LogP contribution in [-0.2, 0) is 6.54 Å². The fraction of sp³-hybridized carbons (Fsp3) is 0.500. The van der Waals surface area contributed by atoms with Crippen LogP contribution in [0.2, 0.25) is 0 Å². The maximum absolute atomic E-state index is 5.40. The maximum Gasteiger partial charge on any atom is 0.179 e. The highest BCUT2D eigenvalue weighted by atomic mass is 32.2. The fourth-order valence-electron chi connectivity index (χ4n) is 2.42. The average molecular weight is 265 g/mol. The van der Waals surface area contributed by atoms with E-state index < -0.39 is 0 Å². The Bertz CT molecular complexity index is 590. The van der Waals surface area contributed by atoms with E-state index in [-0.39, 0.29) is 0 Å². The molecule has 0 radical (unpaired) electrons. The van der Waals surface area contributed by atoms with Crippen molar-refractivity contribution in [1.29, 1.82) is 0 Å². The molecule has 0 saturated heterocycles. The summed E-state index contributed by atoms with van der Waals surface area (Å²) < 4.78 is 3.32. The molecule has 0 amide bonds. The second-order valence-electron chi connectivity index (χ2n) is 4.63. The predicted molar refractivity (Wildman–Crippen MR) is 75.0 cm³/mol. The van der Waals surface area contributed by atoms with Crippen LogP contribution in [0.3, 0.4) is 0 Å². The Kier molecular flexibility index (Phi) is 2.75. The SMILES string of the molecule is CSC1(Cn2c(=S)[nH]c3cccnc32)CCC1. The fourth-order valence-corrected chi connectivity index (χ4v) is 3.64. The molecule has 2 aromatic heterocycles. The van der Waals surface area contributed by atoms with Crippen molar-refractivity contribution in [2.24, 2.45) is 0 Å². The molecule has 0 bridgehead atoms. The molecule has 3 rings (SSSR count). The lowest BCUT2D eigenvalue weighted by molar-refractivity contribution is 0.323. The normalized spacial score (nSPS) is 18.2. The highest BCUT2D eigenvalue weighted by Crippen LogP contribution is 2.44. The number of nitrogens with one attached hydrogen (secondary N) is 1. The first kappa shape index (κ1) is 11.3. The third kappa shape index (κ3) is 1.81. The molecule has 0 atom stereocenters. The van der Waals surface area contributed by atoms with Gasteiger partial charge in [-0.3, -0.25) is 0 Å². The Morgan fingerprint density at radius 1 is 1.59 bits per heavy atom. The van der Waals surface area contributed by atoms with Crippen LogP contribution in [0.1, 0.15) is 19.3 Å². The van der Waals surface area contributed by atoms with Gasteiger partial charge in [0.1, 0.15) is 0 Å². The van der Waals surface area contributed by atoms with Crippen molar-refractivity contribution in [3.8, 4) is 0 Å². The Balaban J connectivity index is 2.05. The monoisotopic (exact) mass is 265 g/mol. The molecular formula is C12H15N3S2. The standard InChI is InChI=1S/C12H15N3S2/c1-17-12(5-3-6-12)8-15-10-9(14-11(15)16)4-2-7-13-10/h2,4,7H,3,5-6,8H2,1H3,(H,14,16). The molecule has 3 nitrogen and oxygen atoms in total. The first-order chi connectivity index (χ1) is 8.24. The van der Waals surface area contributed by atoms with Gasteiger partial charge in [0.2, 0.25) is 0 Å². The van der Waals surface area contributed by atoms with Crippen LogP contribution in [0, 0.1) is 4.77 Å². The summed E-state index contributed by atoms with van der Waals surface area (Å²) in [5, 5.41) is 0. The van der Waals surface area contributed by atoms with E-state index in [1.165, 1.54) is 19.3 Å². The van der Waals surface area contributed by atoms with E-state index in [0.717, 1.165) is 22.5 Å². The van der Waals surface area contributed by atoms with Crippen molar-refractivity contribution in [3.05, 3.63) is 23.1 Å². The number of thioether (sulfide) groups is 1. The highest BCUT2D eigenvalue weighted by molar-refractivity contribution is 8.00. The number of hydrogen-bond acceptors (Lipinski definition) is 3. The van der Waals surface area contributed by atoms with Gasteiger partial charge < -0.3 is 9.55 Å². The zero-order chi connectivity index (χ0) is 11.9. The van der Waals surface area contributed by atoms with E-state index in [0.29, 0.717) is 4.75 Å². The number of imidazole rings is 1. The molecule has 1 saturated carbocycles. The summed E-state index contributed by atoms with van der Waals surface area (Å²) in [7, 11) is 0. The van der Waals surface area contributed by atoms with Crippen LogP contribution < -0.4 is 0 Å². The summed E-state index contributed by atoms with van der Waals surface area (Å²) in [4.78, 5) is 7.66. The lowest BCUT2D eigenvalue weighted by Crippen LogP contribution is -2.37. The molecule has 5 heteroatoms. The third-order valence-electron chi connectivity index (χ3n) is 3.67. The Labute approximate surface area is 110 Å². The van der Waals surface area contributed by atoms with Crippen molar-refractivity contribution in [1.82, 2.24) is 14.5 Å². The molecule has 90 valence electrons. The van der Waals surface area contributed by atoms with Crippen LogP contribution in [0.4, 0.5) is 0 Å². The second-order valence-corrected chi connectivity index (χ2v) is 6.29. The zero-order valence-electron chi connectivity index (χ0n) is 9.77. The van der Waals surface area contributed by atoms with Gasteiger partial charge in [-0.15, -0.1) is 0 Å².